The van der Waals surface area contributed by atoms with E-state index in [4.69, 9.17) is 9.47 Å². The Bertz CT molecular complexity index is 832. The van der Waals surface area contributed by atoms with Crippen LogP contribution in [-0.4, -0.2) is 5.97 Å². The van der Waals surface area contributed by atoms with Crippen LogP contribution in [0.15, 0.2) is 30.3 Å². The summed E-state index contributed by atoms with van der Waals surface area (Å²) in [5, 5.41) is 0. The van der Waals surface area contributed by atoms with Gasteiger partial charge in [-0.1, -0.05) is 19.9 Å². The Labute approximate surface area is 170 Å². The van der Waals surface area contributed by atoms with E-state index in [1.807, 2.05) is 29.5 Å². The van der Waals surface area contributed by atoms with E-state index in [-0.39, 0.29) is 18.8 Å². The van der Waals surface area contributed by atoms with Gasteiger partial charge in [-0.05, 0) is 71.3 Å². The van der Waals surface area contributed by atoms with E-state index in [1.54, 1.807) is 32.0 Å². The first-order valence-corrected chi connectivity index (χ1v) is 9.56. The smallest absolute Gasteiger partial charge is 0.419 e. The molecule has 0 unspecified atom stereocenters. The van der Waals surface area contributed by atoms with Crippen LogP contribution < -0.4 is 9.47 Å². The summed E-state index contributed by atoms with van der Waals surface area (Å²) in [6, 6.07) is 7.64. The average Bonchev–Trinajstić information content (AvgIpc) is 2.60. The lowest BCUT2D eigenvalue weighted by atomic mass is 10.0. The zero-order valence-electron chi connectivity index (χ0n) is 15.2. The first kappa shape index (κ1) is 21.5. The molecule has 3 nitrogen and oxygen atoms in total. The van der Waals surface area contributed by atoms with Gasteiger partial charge in [-0.3, -0.25) is 4.79 Å². The Balaban J connectivity index is 2.37. The fourth-order valence-electron chi connectivity index (χ4n) is 2.57. The second kappa shape index (κ2) is 8.95. The van der Waals surface area contributed by atoms with Gasteiger partial charge in [-0.25, -0.2) is 0 Å². The van der Waals surface area contributed by atoms with E-state index in [2.05, 4.69) is 0 Å². The van der Waals surface area contributed by atoms with Gasteiger partial charge in [-0.15, -0.1) is 0 Å². The maximum Gasteiger partial charge on any atom is 0.419 e. The van der Waals surface area contributed by atoms with Crippen LogP contribution in [0.3, 0.4) is 0 Å². The number of ether oxygens (including phenoxy) is 2. The normalized spacial score (nSPS) is 11.4. The van der Waals surface area contributed by atoms with Crippen LogP contribution in [0.5, 0.6) is 11.5 Å². The predicted molar refractivity (Wildman–Crippen MR) is 105 cm³/mol. The van der Waals surface area contributed by atoms with Crippen molar-refractivity contribution in [2.24, 2.45) is 0 Å². The fourth-order valence-corrected chi connectivity index (χ4v) is 3.20. The van der Waals surface area contributed by atoms with Gasteiger partial charge in [0.2, 0.25) is 0 Å². The van der Waals surface area contributed by atoms with Crippen LogP contribution in [0.25, 0.3) is 0 Å². The van der Waals surface area contributed by atoms with Crippen molar-refractivity contribution < 1.29 is 27.4 Å². The molecule has 2 aromatic rings. The molecule has 0 aliphatic heterocycles. The molecule has 0 amide bonds. The topological polar surface area (TPSA) is 35.5 Å². The molecule has 0 heterocycles. The van der Waals surface area contributed by atoms with Crippen molar-refractivity contribution in [1.29, 1.82) is 0 Å². The Hall–Kier alpha value is -1.77. The van der Waals surface area contributed by atoms with Crippen molar-refractivity contribution in [3.05, 3.63) is 56.2 Å². The van der Waals surface area contributed by atoms with Crippen molar-refractivity contribution in [2.45, 2.75) is 46.4 Å². The monoisotopic (exact) mass is 492 g/mol. The maximum absolute atomic E-state index is 13.4. The number of aryl methyl sites for hydroxylation is 2. The van der Waals surface area contributed by atoms with Gasteiger partial charge < -0.3 is 9.47 Å². The van der Waals surface area contributed by atoms with E-state index in [0.29, 0.717) is 23.3 Å². The Morgan fingerprint density at radius 3 is 2.44 bits per heavy atom. The first-order valence-electron chi connectivity index (χ1n) is 8.48. The van der Waals surface area contributed by atoms with Gasteiger partial charge >= 0.3 is 12.1 Å². The zero-order valence-corrected chi connectivity index (χ0v) is 17.4. The summed E-state index contributed by atoms with van der Waals surface area (Å²) < 4.78 is 51.9. The van der Waals surface area contributed by atoms with Crippen LogP contribution in [0, 0.1) is 10.5 Å². The number of alkyl halides is 3. The molecule has 0 bridgehead atoms. The second-order valence-corrected chi connectivity index (χ2v) is 7.12. The quantitative estimate of drug-likeness (QED) is 0.279. The van der Waals surface area contributed by atoms with Crippen LogP contribution in [-0.2, 0) is 24.0 Å². The third-order valence-electron chi connectivity index (χ3n) is 4.08. The van der Waals surface area contributed by atoms with Crippen LogP contribution in [0.4, 0.5) is 13.2 Å². The zero-order chi connectivity index (χ0) is 20.2. The molecule has 27 heavy (non-hydrogen) atoms. The number of halogens is 4. The maximum atomic E-state index is 13.4. The number of hydrogen-bond donors (Lipinski definition) is 0. The molecular weight excluding hydrogens is 472 g/mol. The molecule has 0 aromatic heterocycles. The lowest BCUT2D eigenvalue weighted by Crippen LogP contribution is -2.12. The van der Waals surface area contributed by atoms with Gasteiger partial charge in [0, 0.05) is 15.6 Å². The largest absolute Gasteiger partial charge is 0.488 e. The number of esters is 1. The van der Waals surface area contributed by atoms with E-state index in [0.717, 1.165) is 15.2 Å². The third kappa shape index (κ3) is 5.37. The molecule has 0 saturated heterocycles. The summed E-state index contributed by atoms with van der Waals surface area (Å²) in [5.41, 5.74) is 1.09. The molecule has 0 radical (unpaired) electrons. The SMILES string of the molecule is CCC(=O)Oc1cccc(I)c1COc1cc(C)c(CC)cc1C(F)(F)F. The predicted octanol–water partition coefficient (Wildman–Crippen LogP) is 6.08. The van der Waals surface area contributed by atoms with Gasteiger partial charge in [0.05, 0.1) is 5.56 Å². The molecule has 2 rings (SSSR count). The third-order valence-corrected chi connectivity index (χ3v) is 5.10. The molecule has 0 aliphatic carbocycles. The molecule has 2 aromatic carbocycles. The summed E-state index contributed by atoms with van der Waals surface area (Å²) in [7, 11) is 0. The van der Waals surface area contributed by atoms with E-state index in [1.165, 1.54) is 6.07 Å². The Kier molecular flexibility index (Phi) is 7.13. The summed E-state index contributed by atoms with van der Waals surface area (Å²) in [6.07, 6.45) is -3.82. The standard InChI is InChI=1S/C20H20F3IO3/c1-4-13-10-15(20(21,22)23)18(9-12(13)3)26-11-14-16(24)7-6-8-17(14)27-19(25)5-2/h6-10H,4-5,11H2,1-3H3. The van der Waals surface area contributed by atoms with Crippen molar-refractivity contribution in [2.75, 3.05) is 0 Å². The summed E-state index contributed by atoms with van der Waals surface area (Å²) in [4.78, 5) is 11.6. The van der Waals surface area contributed by atoms with Crippen molar-refractivity contribution in [3.63, 3.8) is 0 Å². The van der Waals surface area contributed by atoms with Gasteiger partial charge in [0.25, 0.3) is 0 Å². The lowest BCUT2D eigenvalue weighted by Gasteiger charge is -2.18. The Morgan fingerprint density at radius 1 is 1.15 bits per heavy atom. The molecular formula is C20H20F3IO3. The average molecular weight is 492 g/mol. The van der Waals surface area contributed by atoms with E-state index in [9.17, 15) is 18.0 Å². The lowest BCUT2D eigenvalue weighted by molar-refractivity contribution is -0.139. The summed E-state index contributed by atoms with van der Waals surface area (Å²) in [5.74, 6) is -0.355. The number of rotatable bonds is 6. The molecule has 0 aliphatic rings. The molecule has 0 N–H and O–H groups in total. The molecule has 7 heteroatoms. The minimum absolute atomic E-state index is 0.139. The van der Waals surface area contributed by atoms with E-state index < -0.39 is 17.7 Å². The number of carbonyl (C=O) groups excluding carboxylic acids is 1. The molecule has 0 spiro atoms. The number of carbonyl (C=O) groups is 1. The van der Waals surface area contributed by atoms with Crippen LogP contribution >= 0.6 is 22.6 Å². The Morgan fingerprint density at radius 2 is 1.85 bits per heavy atom. The summed E-state index contributed by atoms with van der Waals surface area (Å²) in [6.45, 7) is 5.09. The first-order chi connectivity index (χ1) is 12.7. The van der Waals surface area contributed by atoms with Gasteiger partial charge in [0.15, 0.2) is 0 Å². The highest BCUT2D eigenvalue weighted by Crippen LogP contribution is 2.39. The molecule has 0 atom stereocenters. The highest BCUT2D eigenvalue weighted by atomic mass is 127. The highest BCUT2D eigenvalue weighted by Gasteiger charge is 2.35. The molecule has 0 saturated carbocycles. The van der Waals surface area contributed by atoms with Crippen molar-refractivity contribution in [3.8, 4) is 11.5 Å². The van der Waals surface area contributed by atoms with Crippen LogP contribution in [0.1, 0.15) is 42.5 Å². The second-order valence-electron chi connectivity index (χ2n) is 5.96. The van der Waals surface area contributed by atoms with Crippen molar-refractivity contribution >= 4 is 28.6 Å². The molecule has 146 valence electrons. The molecule has 0 fully saturated rings. The number of benzene rings is 2. The fraction of sp³-hybridized carbons (Fsp3) is 0.350. The van der Waals surface area contributed by atoms with Gasteiger partial charge in [0.1, 0.15) is 18.1 Å². The van der Waals surface area contributed by atoms with Gasteiger partial charge in [-0.2, -0.15) is 13.2 Å². The number of hydrogen-bond acceptors (Lipinski definition) is 3. The summed E-state index contributed by atoms with van der Waals surface area (Å²) >= 11 is 2.04. The highest BCUT2D eigenvalue weighted by molar-refractivity contribution is 14.1. The van der Waals surface area contributed by atoms with Crippen LogP contribution in [0.2, 0.25) is 0 Å². The minimum atomic E-state index is -4.52. The minimum Gasteiger partial charge on any atom is -0.488 e. The van der Waals surface area contributed by atoms with Crippen molar-refractivity contribution in [1.82, 2.24) is 0 Å². The van der Waals surface area contributed by atoms with E-state index >= 15 is 0 Å².